The Bertz CT molecular complexity index is 328. The number of hydrogen-bond donors (Lipinski definition) is 3. The highest BCUT2D eigenvalue weighted by atomic mass is 32.2. The zero-order chi connectivity index (χ0) is 14.5. The summed E-state index contributed by atoms with van der Waals surface area (Å²) in [6.07, 6.45) is 6.70. The maximum atomic E-state index is 11.8. The summed E-state index contributed by atoms with van der Waals surface area (Å²) in [5.41, 5.74) is 0. The van der Waals surface area contributed by atoms with E-state index in [1.807, 2.05) is 0 Å². The summed E-state index contributed by atoms with van der Waals surface area (Å²) in [4.78, 5) is 22.8. The van der Waals surface area contributed by atoms with Crippen molar-refractivity contribution in [2.45, 2.75) is 50.3 Å². The average molecular weight is 288 g/mol. The molecule has 0 aromatic rings. The van der Waals surface area contributed by atoms with Crippen molar-refractivity contribution in [3.8, 4) is 0 Å². The largest absolute Gasteiger partial charge is 0.480 e. The lowest BCUT2D eigenvalue weighted by Gasteiger charge is -2.27. The first-order chi connectivity index (χ1) is 8.90. The molecule has 1 atom stereocenters. The van der Waals surface area contributed by atoms with Gasteiger partial charge in [-0.2, -0.15) is 11.8 Å². The van der Waals surface area contributed by atoms with E-state index in [1.54, 1.807) is 25.6 Å². The van der Waals surface area contributed by atoms with E-state index in [0.29, 0.717) is 6.54 Å². The Morgan fingerprint density at radius 3 is 2.32 bits per heavy atom. The quantitative estimate of drug-likeness (QED) is 0.699. The highest BCUT2D eigenvalue weighted by molar-refractivity contribution is 8.00. The molecular formula is C13H24N2O3S. The number of carbonyl (C=O) groups excluding carboxylic acids is 1. The first-order valence-corrected chi connectivity index (χ1v) is 7.95. The minimum Gasteiger partial charge on any atom is -0.480 e. The summed E-state index contributed by atoms with van der Waals surface area (Å²) < 4.78 is 0.133. The number of amides is 2. The van der Waals surface area contributed by atoms with Gasteiger partial charge in [0.1, 0.15) is 6.04 Å². The second-order valence-electron chi connectivity index (χ2n) is 5.48. The Hall–Kier alpha value is -0.910. The van der Waals surface area contributed by atoms with Gasteiger partial charge in [0.05, 0.1) is 0 Å². The molecule has 1 aliphatic carbocycles. The molecule has 0 aliphatic heterocycles. The standard InChI is InChI=1S/C13H24N2O3S/c1-9(2)10(11(16)17)15-12(18)14-8-13(19-3)6-4-5-7-13/h9-10H,4-8H2,1-3H3,(H,16,17)(H2,14,15,18)/t10-/m1/s1. The lowest BCUT2D eigenvalue weighted by atomic mass is 10.1. The normalized spacial score (nSPS) is 19.2. The van der Waals surface area contributed by atoms with Crippen molar-refractivity contribution in [2.75, 3.05) is 12.8 Å². The van der Waals surface area contributed by atoms with E-state index in [9.17, 15) is 9.59 Å². The fraction of sp³-hybridized carbons (Fsp3) is 0.846. The van der Waals surface area contributed by atoms with Crippen molar-refractivity contribution in [1.82, 2.24) is 10.6 Å². The van der Waals surface area contributed by atoms with Crippen molar-refractivity contribution < 1.29 is 14.7 Å². The minimum absolute atomic E-state index is 0.133. The van der Waals surface area contributed by atoms with Crippen LogP contribution in [0.5, 0.6) is 0 Å². The third-order valence-electron chi connectivity index (χ3n) is 3.74. The van der Waals surface area contributed by atoms with Gasteiger partial charge in [-0.3, -0.25) is 0 Å². The van der Waals surface area contributed by atoms with E-state index in [0.717, 1.165) is 12.8 Å². The second kappa shape index (κ2) is 7.03. The molecule has 1 fully saturated rings. The number of nitrogens with one attached hydrogen (secondary N) is 2. The Labute approximate surface area is 118 Å². The van der Waals surface area contributed by atoms with Gasteiger partial charge >= 0.3 is 12.0 Å². The van der Waals surface area contributed by atoms with Crippen LogP contribution < -0.4 is 10.6 Å². The molecule has 0 heterocycles. The Kier molecular flexibility index (Phi) is 5.97. The zero-order valence-electron chi connectivity index (χ0n) is 11.9. The van der Waals surface area contributed by atoms with E-state index in [2.05, 4.69) is 16.9 Å². The molecule has 0 aromatic carbocycles. The molecule has 1 aliphatic rings. The van der Waals surface area contributed by atoms with Gasteiger partial charge < -0.3 is 15.7 Å². The molecule has 6 heteroatoms. The lowest BCUT2D eigenvalue weighted by Crippen LogP contribution is -2.51. The SMILES string of the molecule is CSC1(CNC(=O)N[C@@H](C(=O)O)C(C)C)CCCC1. The van der Waals surface area contributed by atoms with Gasteiger partial charge in [-0.1, -0.05) is 26.7 Å². The van der Waals surface area contributed by atoms with Gasteiger partial charge in [0.2, 0.25) is 0 Å². The van der Waals surface area contributed by atoms with Gasteiger partial charge in [0, 0.05) is 11.3 Å². The Morgan fingerprint density at radius 1 is 1.32 bits per heavy atom. The van der Waals surface area contributed by atoms with E-state index >= 15 is 0 Å². The van der Waals surface area contributed by atoms with Crippen LogP contribution in [-0.4, -0.2) is 40.7 Å². The average Bonchev–Trinajstić information content (AvgIpc) is 2.82. The van der Waals surface area contributed by atoms with Crippen LogP contribution in [0.1, 0.15) is 39.5 Å². The van der Waals surface area contributed by atoms with Gasteiger partial charge in [-0.15, -0.1) is 0 Å². The number of urea groups is 1. The van der Waals surface area contributed by atoms with Gasteiger partial charge in [0.25, 0.3) is 0 Å². The Morgan fingerprint density at radius 2 is 1.89 bits per heavy atom. The fourth-order valence-corrected chi connectivity index (χ4v) is 3.33. The first kappa shape index (κ1) is 16.1. The fourth-order valence-electron chi connectivity index (χ4n) is 2.42. The van der Waals surface area contributed by atoms with E-state index < -0.39 is 12.0 Å². The number of carboxylic acid groups (broad SMARTS) is 1. The van der Waals surface area contributed by atoms with Crippen molar-refractivity contribution in [3.63, 3.8) is 0 Å². The van der Waals surface area contributed by atoms with Crippen LogP contribution in [0.25, 0.3) is 0 Å². The monoisotopic (exact) mass is 288 g/mol. The van der Waals surface area contributed by atoms with Gasteiger partial charge in [-0.05, 0) is 25.0 Å². The van der Waals surface area contributed by atoms with Crippen LogP contribution in [0.4, 0.5) is 4.79 Å². The molecule has 3 N–H and O–H groups in total. The molecule has 0 unspecified atom stereocenters. The molecular weight excluding hydrogens is 264 g/mol. The number of hydrogen-bond acceptors (Lipinski definition) is 3. The molecule has 2 amide bonds. The van der Waals surface area contributed by atoms with Crippen LogP contribution in [0.3, 0.4) is 0 Å². The van der Waals surface area contributed by atoms with Crippen LogP contribution in [0.2, 0.25) is 0 Å². The zero-order valence-corrected chi connectivity index (χ0v) is 12.7. The highest BCUT2D eigenvalue weighted by Crippen LogP contribution is 2.39. The number of carbonyl (C=O) groups is 2. The van der Waals surface area contributed by atoms with Crippen molar-refractivity contribution in [2.24, 2.45) is 5.92 Å². The van der Waals surface area contributed by atoms with Crippen LogP contribution >= 0.6 is 11.8 Å². The van der Waals surface area contributed by atoms with E-state index in [-0.39, 0.29) is 16.7 Å². The van der Waals surface area contributed by atoms with Crippen LogP contribution in [-0.2, 0) is 4.79 Å². The summed E-state index contributed by atoms with van der Waals surface area (Å²) in [6.45, 7) is 4.16. The number of carboxylic acids is 1. The van der Waals surface area contributed by atoms with Crippen LogP contribution in [0.15, 0.2) is 0 Å². The maximum absolute atomic E-state index is 11.8. The molecule has 1 rings (SSSR count). The van der Waals surface area contributed by atoms with Gasteiger partial charge in [-0.25, -0.2) is 9.59 Å². The summed E-state index contributed by atoms with van der Waals surface area (Å²) in [6, 6.07) is -1.23. The molecule has 0 radical (unpaired) electrons. The van der Waals surface area contributed by atoms with Crippen molar-refractivity contribution >= 4 is 23.8 Å². The second-order valence-corrected chi connectivity index (χ2v) is 6.76. The topological polar surface area (TPSA) is 78.4 Å². The number of rotatable bonds is 6. The minimum atomic E-state index is -0.995. The predicted molar refractivity (Wildman–Crippen MR) is 77.5 cm³/mol. The number of thioether (sulfide) groups is 1. The Balaban J connectivity index is 2.44. The predicted octanol–water partition coefficient (Wildman–Crippen LogP) is 2.07. The molecule has 0 bridgehead atoms. The molecule has 1 saturated carbocycles. The highest BCUT2D eigenvalue weighted by Gasteiger charge is 2.33. The third-order valence-corrected chi connectivity index (χ3v) is 5.16. The lowest BCUT2D eigenvalue weighted by molar-refractivity contribution is -0.140. The summed E-state index contributed by atoms with van der Waals surface area (Å²) in [5.74, 6) is -1.13. The third kappa shape index (κ3) is 4.60. The molecule has 19 heavy (non-hydrogen) atoms. The van der Waals surface area contributed by atoms with Crippen molar-refractivity contribution in [1.29, 1.82) is 0 Å². The summed E-state index contributed by atoms with van der Waals surface area (Å²) in [7, 11) is 0. The molecule has 0 aromatic heterocycles. The van der Waals surface area contributed by atoms with Crippen LogP contribution in [0, 0.1) is 5.92 Å². The molecule has 5 nitrogen and oxygen atoms in total. The maximum Gasteiger partial charge on any atom is 0.326 e. The first-order valence-electron chi connectivity index (χ1n) is 6.72. The molecule has 0 spiro atoms. The molecule has 110 valence electrons. The summed E-state index contributed by atoms with van der Waals surface area (Å²) >= 11 is 1.79. The number of aliphatic carboxylic acids is 1. The van der Waals surface area contributed by atoms with E-state index in [1.165, 1.54) is 12.8 Å². The summed E-state index contributed by atoms with van der Waals surface area (Å²) in [5, 5.41) is 14.4. The molecule has 0 saturated heterocycles. The van der Waals surface area contributed by atoms with Crippen molar-refractivity contribution in [3.05, 3.63) is 0 Å². The van der Waals surface area contributed by atoms with E-state index in [4.69, 9.17) is 5.11 Å². The smallest absolute Gasteiger partial charge is 0.326 e. The van der Waals surface area contributed by atoms with Gasteiger partial charge in [0.15, 0.2) is 0 Å².